The fraction of sp³-hybridized carbons (Fsp3) is 0.115. The first-order valence-electron chi connectivity index (χ1n) is 10.8. The lowest BCUT2D eigenvalue weighted by molar-refractivity contribution is -0.120. The second-order valence-electron chi connectivity index (χ2n) is 7.74. The summed E-state index contributed by atoms with van der Waals surface area (Å²) in [4.78, 5) is 25.3. The second-order valence-corrected chi connectivity index (χ2v) is 7.74. The fourth-order valence-corrected chi connectivity index (χ4v) is 3.48. The van der Waals surface area contributed by atoms with Crippen LogP contribution in [-0.2, 0) is 4.79 Å². The van der Waals surface area contributed by atoms with E-state index in [0.29, 0.717) is 22.8 Å². The van der Waals surface area contributed by atoms with E-state index in [2.05, 4.69) is 21.3 Å². The molecule has 0 aliphatic rings. The molecule has 3 N–H and O–H groups in total. The van der Waals surface area contributed by atoms with Gasteiger partial charge in [-0.15, -0.1) is 0 Å². The van der Waals surface area contributed by atoms with Crippen LogP contribution in [0.4, 0.5) is 10.1 Å². The van der Waals surface area contributed by atoms with Crippen molar-refractivity contribution in [1.29, 1.82) is 0 Å². The third-order valence-electron chi connectivity index (χ3n) is 5.20. The van der Waals surface area contributed by atoms with Crippen molar-refractivity contribution < 1.29 is 18.7 Å². The number of para-hydroxylation sites is 2. The molecule has 0 saturated carbocycles. The smallest absolute Gasteiger partial charge is 0.273 e. The minimum Gasteiger partial charge on any atom is -0.495 e. The Labute approximate surface area is 201 Å². The highest BCUT2D eigenvalue weighted by atomic mass is 19.1. The fourth-order valence-electron chi connectivity index (χ4n) is 3.48. The standard InChI is InChI=1S/C26H24FN5O3/c1-17-6-5-7-18(14-17)25-21(16-32(31-25)20-12-10-19(27)11-13-20)26(34)30-29-24(33)15-28-22-8-3-4-9-23(22)35-2/h3-14,16,28H,15H2,1-2H3,(H,29,33)(H,30,34). The number of ether oxygens (including phenoxy) is 1. The van der Waals surface area contributed by atoms with E-state index in [4.69, 9.17) is 4.74 Å². The summed E-state index contributed by atoms with van der Waals surface area (Å²) in [5, 5.41) is 7.52. The summed E-state index contributed by atoms with van der Waals surface area (Å²) in [5.41, 5.74) is 8.50. The van der Waals surface area contributed by atoms with Crippen LogP contribution in [-0.4, -0.2) is 35.2 Å². The van der Waals surface area contributed by atoms with Gasteiger partial charge in [-0.25, -0.2) is 9.07 Å². The molecule has 9 heteroatoms. The molecule has 0 spiro atoms. The van der Waals surface area contributed by atoms with Gasteiger partial charge in [0.15, 0.2) is 0 Å². The molecule has 8 nitrogen and oxygen atoms in total. The lowest BCUT2D eigenvalue weighted by atomic mass is 10.1. The van der Waals surface area contributed by atoms with Crippen LogP contribution in [0.3, 0.4) is 0 Å². The number of amides is 2. The first-order valence-corrected chi connectivity index (χ1v) is 10.8. The number of halogens is 1. The van der Waals surface area contributed by atoms with Crippen molar-refractivity contribution in [3.63, 3.8) is 0 Å². The number of nitrogens with one attached hydrogen (secondary N) is 3. The summed E-state index contributed by atoms with van der Waals surface area (Å²) in [5.74, 6) is -0.768. The highest BCUT2D eigenvalue weighted by molar-refractivity contribution is 6.00. The molecular weight excluding hydrogens is 449 g/mol. The van der Waals surface area contributed by atoms with Crippen molar-refractivity contribution in [1.82, 2.24) is 20.6 Å². The summed E-state index contributed by atoms with van der Waals surface area (Å²) >= 11 is 0. The van der Waals surface area contributed by atoms with Gasteiger partial charge >= 0.3 is 0 Å². The molecule has 1 aromatic heterocycles. The van der Waals surface area contributed by atoms with Crippen molar-refractivity contribution in [2.45, 2.75) is 6.92 Å². The first-order chi connectivity index (χ1) is 16.9. The molecule has 0 fully saturated rings. The van der Waals surface area contributed by atoms with Gasteiger partial charge in [-0.05, 0) is 49.4 Å². The van der Waals surface area contributed by atoms with Crippen LogP contribution in [0.25, 0.3) is 16.9 Å². The zero-order chi connectivity index (χ0) is 24.8. The van der Waals surface area contributed by atoms with Crippen LogP contribution in [0, 0.1) is 12.7 Å². The first kappa shape index (κ1) is 23.5. The van der Waals surface area contributed by atoms with Gasteiger partial charge in [0, 0.05) is 11.8 Å². The number of hydrazine groups is 1. The maximum absolute atomic E-state index is 13.4. The summed E-state index contributed by atoms with van der Waals surface area (Å²) in [6.07, 6.45) is 1.54. The van der Waals surface area contributed by atoms with Gasteiger partial charge in [0.25, 0.3) is 11.8 Å². The number of methoxy groups -OCH3 is 1. The minimum atomic E-state index is -0.541. The molecule has 0 saturated heterocycles. The lowest BCUT2D eigenvalue weighted by Gasteiger charge is -2.11. The zero-order valence-corrected chi connectivity index (χ0v) is 19.2. The zero-order valence-electron chi connectivity index (χ0n) is 19.2. The molecule has 3 aromatic carbocycles. The molecule has 35 heavy (non-hydrogen) atoms. The van der Waals surface area contributed by atoms with Crippen LogP contribution in [0.5, 0.6) is 5.75 Å². The van der Waals surface area contributed by atoms with Crippen molar-refractivity contribution in [3.8, 4) is 22.7 Å². The topological polar surface area (TPSA) is 97.3 Å². The third-order valence-corrected chi connectivity index (χ3v) is 5.20. The maximum Gasteiger partial charge on any atom is 0.273 e. The largest absolute Gasteiger partial charge is 0.495 e. The van der Waals surface area contributed by atoms with Crippen molar-refractivity contribution in [3.05, 3.63) is 95.9 Å². The SMILES string of the molecule is COc1ccccc1NCC(=O)NNC(=O)c1cn(-c2ccc(F)cc2)nc1-c1cccc(C)c1. The highest BCUT2D eigenvalue weighted by Gasteiger charge is 2.19. The number of carbonyl (C=O) groups is 2. The maximum atomic E-state index is 13.4. The molecular formula is C26H24FN5O3. The molecule has 0 atom stereocenters. The molecule has 0 aliphatic carbocycles. The number of hydrogen-bond donors (Lipinski definition) is 3. The van der Waals surface area contributed by atoms with Crippen molar-refractivity contribution in [2.75, 3.05) is 19.0 Å². The molecule has 0 unspecified atom stereocenters. The van der Waals surface area contributed by atoms with E-state index in [0.717, 1.165) is 11.1 Å². The Morgan fingerprint density at radius 3 is 2.51 bits per heavy atom. The van der Waals surface area contributed by atoms with Gasteiger partial charge < -0.3 is 10.1 Å². The van der Waals surface area contributed by atoms with Crippen LogP contribution >= 0.6 is 0 Å². The quantitative estimate of drug-likeness (QED) is 0.354. The van der Waals surface area contributed by atoms with Gasteiger partial charge in [0.05, 0.1) is 30.6 Å². The number of carbonyl (C=O) groups excluding carboxylic acids is 2. The number of rotatable bonds is 7. The van der Waals surface area contributed by atoms with E-state index in [-0.39, 0.29) is 17.9 Å². The van der Waals surface area contributed by atoms with E-state index in [1.54, 1.807) is 37.6 Å². The van der Waals surface area contributed by atoms with E-state index >= 15 is 0 Å². The minimum absolute atomic E-state index is 0.0831. The summed E-state index contributed by atoms with van der Waals surface area (Å²) in [6.45, 7) is 1.86. The van der Waals surface area contributed by atoms with Crippen molar-refractivity contribution >= 4 is 17.5 Å². The van der Waals surface area contributed by atoms with E-state index in [1.165, 1.54) is 16.8 Å². The molecule has 4 aromatic rings. The molecule has 0 radical (unpaired) electrons. The number of benzene rings is 3. The van der Waals surface area contributed by atoms with Gasteiger partial charge in [0.1, 0.15) is 17.3 Å². The number of aromatic nitrogens is 2. The average molecular weight is 474 g/mol. The monoisotopic (exact) mass is 473 g/mol. The third kappa shape index (κ3) is 5.64. The van der Waals surface area contributed by atoms with Gasteiger partial charge in [-0.2, -0.15) is 5.10 Å². The number of hydrogen-bond acceptors (Lipinski definition) is 5. The van der Waals surface area contributed by atoms with Crippen LogP contribution in [0.2, 0.25) is 0 Å². The van der Waals surface area contributed by atoms with Crippen molar-refractivity contribution in [2.24, 2.45) is 0 Å². The second kappa shape index (κ2) is 10.5. The van der Waals surface area contributed by atoms with Gasteiger partial charge in [-0.3, -0.25) is 20.4 Å². The normalized spacial score (nSPS) is 10.5. The van der Waals surface area contributed by atoms with Gasteiger partial charge in [0.2, 0.25) is 0 Å². The lowest BCUT2D eigenvalue weighted by Crippen LogP contribution is -2.44. The Morgan fingerprint density at radius 2 is 1.77 bits per heavy atom. The molecule has 0 bridgehead atoms. The average Bonchev–Trinajstić information content (AvgIpc) is 3.32. The van der Waals surface area contributed by atoms with Gasteiger partial charge in [-0.1, -0.05) is 35.9 Å². The van der Waals surface area contributed by atoms with E-state index in [1.807, 2.05) is 43.3 Å². The molecule has 0 aliphatic heterocycles. The molecule has 4 rings (SSSR count). The number of nitrogens with zero attached hydrogens (tertiary/aromatic N) is 2. The summed E-state index contributed by atoms with van der Waals surface area (Å²) in [7, 11) is 1.54. The predicted octanol–water partition coefficient (Wildman–Crippen LogP) is 3.87. The number of aryl methyl sites for hydroxylation is 1. The molecule has 178 valence electrons. The van der Waals surface area contributed by atoms with E-state index in [9.17, 15) is 14.0 Å². The Morgan fingerprint density at radius 1 is 1.00 bits per heavy atom. The Kier molecular flexibility index (Phi) is 7.06. The van der Waals surface area contributed by atoms with Crippen LogP contribution in [0.1, 0.15) is 15.9 Å². The number of anilines is 1. The summed E-state index contributed by atoms with van der Waals surface area (Å²) < 4.78 is 20.1. The summed E-state index contributed by atoms with van der Waals surface area (Å²) in [6, 6.07) is 20.5. The Hall–Kier alpha value is -4.66. The molecule has 2 amide bonds. The Bertz CT molecular complexity index is 1350. The highest BCUT2D eigenvalue weighted by Crippen LogP contribution is 2.25. The van der Waals surface area contributed by atoms with Crippen LogP contribution in [0.15, 0.2) is 79.0 Å². The molecule has 1 heterocycles. The van der Waals surface area contributed by atoms with Crippen LogP contribution < -0.4 is 20.9 Å². The van der Waals surface area contributed by atoms with E-state index < -0.39 is 11.8 Å². The Balaban J connectivity index is 1.50. The predicted molar refractivity (Wildman–Crippen MR) is 131 cm³/mol.